The Morgan fingerprint density at radius 1 is 1.28 bits per heavy atom. The molecule has 1 N–H and O–H groups in total. The van der Waals surface area contributed by atoms with Crippen LogP contribution in [0.4, 0.5) is 5.13 Å². The average Bonchev–Trinajstić information content (AvgIpc) is 2.96. The molecule has 18 heavy (non-hydrogen) atoms. The van der Waals surface area contributed by atoms with E-state index in [-0.39, 0.29) is 0 Å². The first-order valence-electron chi connectivity index (χ1n) is 6.33. The molecule has 96 valence electrons. The number of aryl methyl sites for hydroxylation is 1. The third-order valence-corrected chi connectivity index (χ3v) is 5.18. The minimum atomic E-state index is 0.670. The third kappa shape index (κ3) is 2.27. The molecule has 0 aliphatic heterocycles. The van der Waals surface area contributed by atoms with Gasteiger partial charge in [-0.05, 0) is 25.7 Å². The topological polar surface area (TPSA) is 50.7 Å². The van der Waals surface area contributed by atoms with Crippen LogP contribution in [0.15, 0.2) is 0 Å². The number of anilines is 1. The largest absolute Gasteiger partial charge is 0.363 e. The molecule has 1 aliphatic carbocycles. The van der Waals surface area contributed by atoms with Crippen molar-refractivity contribution in [1.82, 2.24) is 15.2 Å². The molecule has 1 aliphatic rings. The number of hydrogen-bond donors (Lipinski definition) is 1. The number of nitrogens with zero attached hydrogens (tertiary/aromatic N) is 3. The molecule has 0 spiro atoms. The van der Waals surface area contributed by atoms with E-state index < -0.39 is 0 Å². The van der Waals surface area contributed by atoms with Crippen molar-refractivity contribution in [2.24, 2.45) is 0 Å². The maximum atomic E-state index is 4.81. The molecule has 0 unspecified atom stereocenters. The van der Waals surface area contributed by atoms with Crippen LogP contribution < -0.4 is 5.32 Å². The second kappa shape index (κ2) is 4.93. The predicted molar refractivity (Wildman–Crippen MR) is 76.5 cm³/mol. The highest BCUT2D eigenvalue weighted by atomic mass is 32.1. The molecule has 0 aromatic carbocycles. The van der Waals surface area contributed by atoms with Crippen molar-refractivity contribution in [3.8, 4) is 9.88 Å². The summed E-state index contributed by atoms with van der Waals surface area (Å²) >= 11 is 3.41. The Kier molecular flexibility index (Phi) is 3.30. The molecular formula is C12H16N4S2. The highest BCUT2D eigenvalue weighted by Crippen LogP contribution is 2.47. The molecule has 0 amide bonds. The van der Waals surface area contributed by atoms with Gasteiger partial charge in [-0.1, -0.05) is 18.3 Å². The first kappa shape index (κ1) is 12.0. The number of hydrogen-bond acceptors (Lipinski definition) is 6. The summed E-state index contributed by atoms with van der Waals surface area (Å²) in [4.78, 5) is 6.06. The second-order valence-electron chi connectivity index (χ2n) is 4.51. The third-order valence-electron chi connectivity index (χ3n) is 2.96. The predicted octanol–water partition coefficient (Wildman–Crippen LogP) is 3.53. The first-order valence-corrected chi connectivity index (χ1v) is 7.96. The molecule has 1 fully saturated rings. The monoisotopic (exact) mass is 280 g/mol. The van der Waals surface area contributed by atoms with Gasteiger partial charge in [0.05, 0.1) is 15.6 Å². The fourth-order valence-corrected chi connectivity index (χ4v) is 3.93. The molecule has 2 aromatic rings. The van der Waals surface area contributed by atoms with Crippen molar-refractivity contribution in [2.75, 3.05) is 12.4 Å². The van der Waals surface area contributed by atoms with Gasteiger partial charge in [0, 0.05) is 13.0 Å². The molecule has 3 rings (SSSR count). The summed E-state index contributed by atoms with van der Waals surface area (Å²) in [5, 5.41) is 14.6. The summed E-state index contributed by atoms with van der Waals surface area (Å²) in [6.07, 6.45) is 4.77. The molecule has 2 heterocycles. The Labute approximate surface area is 114 Å². The van der Waals surface area contributed by atoms with Gasteiger partial charge in [-0.2, -0.15) is 0 Å². The number of rotatable bonds is 5. The molecule has 6 heteroatoms. The smallest absolute Gasteiger partial charge is 0.205 e. The fourth-order valence-electron chi connectivity index (χ4n) is 1.90. The summed E-state index contributed by atoms with van der Waals surface area (Å²) < 4.78 is 0. The van der Waals surface area contributed by atoms with Gasteiger partial charge in [0.25, 0.3) is 0 Å². The van der Waals surface area contributed by atoms with Crippen molar-refractivity contribution < 1.29 is 0 Å². The van der Waals surface area contributed by atoms with Crippen molar-refractivity contribution in [2.45, 2.75) is 38.5 Å². The summed E-state index contributed by atoms with van der Waals surface area (Å²) in [7, 11) is 1.88. The highest BCUT2D eigenvalue weighted by Gasteiger charge is 2.31. The Bertz CT molecular complexity index is 542. The Morgan fingerprint density at radius 2 is 2.11 bits per heavy atom. The van der Waals surface area contributed by atoms with E-state index in [1.807, 2.05) is 7.05 Å². The van der Waals surface area contributed by atoms with Crippen LogP contribution >= 0.6 is 22.7 Å². The van der Waals surface area contributed by atoms with E-state index in [1.165, 1.54) is 28.4 Å². The lowest BCUT2D eigenvalue weighted by Gasteiger charge is -1.93. The van der Waals surface area contributed by atoms with Crippen LogP contribution in [0.25, 0.3) is 9.88 Å². The Hall–Kier alpha value is -1.01. The normalized spacial score (nSPS) is 15.0. The quantitative estimate of drug-likeness (QED) is 0.910. The van der Waals surface area contributed by atoms with Gasteiger partial charge in [-0.3, -0.25) is 0 Å². The molecule has 2 aromatic heterocycles. The van der Waals surface area contributed by atoms with Gasteiger partial charge in [0.1, 0.15) is 0 Å². The van der Waals surface area contributed by atoms with E-state index in [0.717, 1.165) is 23.0 Å². The van der Waals surface area contributed by atoms with E-state index in [1.54, 1.807) is 22.7 Å². The first-order chi connectivity index (χ1) is 8.81. The average molecular weight is 280 g/mol. The van der Waals surface area contributed by atoms with Crippen LogP contribution in [0.2, 0.25) is 0 Å². The second-order valence-corrected chi connectivity index (χ2v) is 6.57. The molecule has 0 atom stereocenters. The van der Waals surface area contributed by atoms with Crippen molar-refractivity contribution >= 4 is 27.8 Å². The number of thiazole rings is 1. The minimum Gasteiger partial charge on any atom is -0.363 e. The maximum Gasteiger partial charge on any atom is 0.205 e. The summed E-state index contributed by atoms with van der Waals surface area (Å²) in [6, 6.07) is 0. The van der Waals surface area contributed by atoms with E-state index in [4.69, 9.17) is 4.98 Å². The minimum absolute atomic E-state index is 0.670. The highest BCUT2D eigenvalue weighted by molar-refractivity contribution is 7.23. The summed E-state index contributed by atoms with van der Waals surface area (Å²) in [6.45, 7) is 2.20. The molecular weight excluding hydrogens is 264 g/mol. The molecule has 1 saturated carbocycles. The standard InChI is InChI=1S/C12H16N4S2/c1-3-4-8-14-9(7-5-6-7)10(17-8)11-15-16-12(13-2)18-11/h7H,3-6H2,1-2H3,(H,13,16). The van der Waals surface area contributed by atoms with Crippen LogP contribution in [0.3, 0.4) is 0 Å². The van der Waals surface area contributed by atoms with Crippen molar-refractivity contribution in [3.05, 3.63) is 10.7 Å². The SMILES string of the molecule is CCCc1nc(C2CC2)c(-c2nnc(NC)s2)s1. The lowest BCUT2D eigenvalue weighted by Crippen LogP contribution is -1.85. The number of nitrogens with one attached hydrogen (secondary N) is 1. The fraction of sp³-hybridized carbons (Fsp3) is 0.583. The van der Waals surface area contributed by atoms with Gasteiger partial charge in [0.15, 0.2) is 5.01 Å². The zero-order valence-electron chi connectivity index (χ0n) is 10.6. The van der Waals surface area contributed by atoms with E-state index in [2.05, 4.69) is 22.4 Å². The molecule has 4 nitrogen and oxygen atoms in total. The van der Waals surface area contributed by atoms with Crippen LogP contribution in [0.5, 0.6) is 0 Å². The molecule has 0 bridgehead atoms. The van der Waals surface area contributed by atoms with Gasteiger partial charge in [-0.15, -0.1) is 21.5 Å². The van der Waals surface area contributed by atoms with E-state index in [9.17, 15) is 0 Å². The lowest BCUT2D eigenvalue weighted by atomic mass is 10.2. The van der Waals surface area contributed by atoms with Crippen LogP contribution in [0.1, 0.15) is 42.8 Å². The van der Waals surface area contributed by atoms with Crippen molar-refractivity contribution in [1.29, 1.82) is 0 Å². The van der Waals surface area contributed by atoms with Gasteiger partial charge >= 0.3 is 0 Å². The number of aromatic nitrogens is 3. The maximum absolute atomic E-state index is 4.81. The van der Waals surface area contributed by atoms with Crippen LogP contribution in [-0.4, -0.2) is 22.2 Å². The van der Waals surface area contributed by atoms with E-state index >= 15 is 0 Å². The molecule has 0 radical (unpaired) electrons. The van der Waals surface area contributed by atoms with Gasteiger partial charge in [0.2, 0.25) is 5.13 Å². The zero-order chi connectivity index (χ0) is 12.5. The van der Waals surface area contributed by atoms with Crippen molar-refractivity contribution in [3.63, 3.8) is 0 Å². The zero-order valence-corrected chi connectivity index (χ0v) is 12.2. The molecule has 0 saturated heterocycles. The van der Waals surface area contributed by atoms with Gasteiger partial charge < -0.3 is 5.32 Å². The van der Waals surface area contributed by atoms with Crippen LogP contribution in [-0.2, 0) is 6.42 Å². The Morgan fingerprint density at radius 3 is 2.72 bits per heavy atom. The van der Waals surface area contributed by atoms with Gasteiger partial charge in [-0.25, -0.2) is 4.98 Å². The van der Waals surface area contributed by atoms with E-state index in [0.29, 0.717) is 5.92 Å². The lowest BCUT2D eigenvalue weighted by molar-refractivity contribution is 0.892. The Balaban J connectivity index is 1.97. The van der Waals surface area contributed by atoms with Crippen LogP contribution in [0, 0.1) is 0 Å². The summed E-state index contributed by atoms with van der Waals surface area (Å²) in [5.41, 5.74) is 1.27. The summed E-state index contributed by atoms with van der Waals surface area (Å²) in [5.74, 6) is 0.670.